The molecule has 1 heterocycles. The number of rotatable bonds is 6. The number of hydrogen-bond donors (Lipinski definition) is 1. The molecule has 1 amide bonds. The maximum atomic E-state index is 12.4. The normalized spacial score (nSPS) is 12.1. The highest BCUT2D eigenvalue weighted by molar-refractivity contribution is 5.78. The predicted molar refractivity (Wildman–Crippen MR) is 103 cm³/mol. The van der Waals surface area contributed by atoms with E-state index in [1.807, 2.05) is 36.4 Å². The minimum Gasteiger partial charge on any atom is -0.355 e. The van der Waals surface area contributed by atoms with Crippen molar-refractivity contribution in [1.82, 2.24) is 14.9 Å². The molecule has 1 N–H and O–H groups in total. The first-order valence-corrected chi connectivity index (χ1v) is 8.82. The summed E-state index contributed by atoms with van der Waals surface area (Å²) in [7, 11) is 1.70. The third kappa shape index (κ3) is 3.99. The summed E-state index contributed by atoms with van der Waals surface area (Å²) < 4.78 is 1.53. The summed E-state index contributed by atoms with van der Waals surface area (Å²) in [5, 5.41) is 3.57. The second kappa shape index (κ2) is 7.95. The van der Waals surface area contributed by atoms with Gasteiger partial charge in [0.25, 0.3) is 5.56 Å². The van der Waals surface area contributed by atoms with Crippen LogP contribution in [0.2, 0.25) is 0 Å². The molecule has 0 fully saturated rings. The number of aryl methyl sites for hydroxylation is 1. The van der Waals surface area contributed by atoms with Gasteiger partial charge in [0.05, 0.1) is 10.9 Å². The van der Waals surface area contributed by atoms with Gasteiger partial charge >= 0.3 is 0 Å². The lowest BCUT2D eigenvalue weighted by molar-refractivity contribution is -0.121. The molecule has 1 aromatic heterocycles. The first-order chi connectivity index (χ1) is 12.6. The molecule has 0 aliphatic heterocycles. The first-order valence-electron chi connectivity index (χ1n) is 8.82. The van der Waals surface area contributed by atoms with Crippen LogP contribution in [0.15, 0.2) is 59.4 Å². The molecule has 3 rings (SSSR count). The van der Waals surface area contributed by atoms with Gasteiger partial charge in [0.15, 0.2) is 0 Å². The van der Waals surface area contributed by atoms with Crippen LogP contribution in [0, 0.1) is 0 Å². The second-order valence-corrected chi connectivity index (χ2v) is 6.53. The molecule has 0 saturated heterocycles. The van der Waals surface area contributed by atoms with Gasteiger partial charge in [0.1, 0.15) is 5.82 Å². The zero-order valence-corrected chi connectivity index (χ0v) is 15.1. The number of aromatic nitrogens is 2. The molecule has 0 bridgehead atoms. The zero-order valence-electron chi connectivity index (χ0n) is 15.1. The molecule has 0 spiro atoms. The van der Waals surface area contributed by atoms with Crippen LogP contribution in [0.3, 0.4) is 0 Å². The second-order valence-electron chi connectivity index (χ2n) is 6.53. The van der Waals surface area contributed by atoms with E-state index >= 15 is 0 Å². The van der Waals surface area contributed by atoms with E-state index in [1.54, 1.807) is 13.1 Å². The summed E-state index contributed by atoms with van der Waals surface area (Å²) in [6.45, 7) is 2.68. The van der Waals surface area contributed by atoms with Gasteiger partial charge in [-0.25, -0.2) is 4.98 Å². The Morgan fingerprint density at radius 3 is 2.58 bits per heavy atom. The number of para-hydroxylation sites is 1. The Morgan fingerprint density at radius 2 is 1.81 bits per heavy atom. The number of fused-ring (bicyclic) bond motifs is 1. The molecule has 0 aliphatic carbocycles. The first kappa shape index (κ1) is 17.9. The number of nitrogens with one attached hydrogen (secondary N) is 1. The van der Waals surface area contributed by atoms with Crippen LogP contribution in [-0.4, -0.2) is 22.0 Å². The lowest BCUT2D eigenvalue weighted by Gasteiger charge is -2.13. The fourth-order valence-corrected chi connectivity index (χ4v) is 2.97. The summed E-state index contributed by atoms with van der Waals surface area (Å²) in [5.74, 6) is 0.846. The summed E-state index contributed by atoms with van der Waals surface area (Å²) in [5.41, 5.74) is 1.79. The fraction of sp³-hybridized carbons (Fsp3) is 0.286. The van der Waals surface area contributed by atoms with E-state index in [4.69, 9.17) is 0 Å². The van der Waals surface area contributed by atoms with Crippen molar-refractivity contribution in [1.29, 1.82) is 0 Å². The highest BCUT2D eigenvalue weighted by Gasteiger charge is 2.11. The maximum Gasteiger partial charge on any atom is 0.261 e. The third-order valence-corrected chi connectivity index (χ3v) is 4.63. The molecule has 1 atom stereocenters. The Hall–Kier alpha value is -2.95. The van der Waals surface area contributed by atoms with Crippen molar-refractivity contribution in [3.63, 3.8) is 0 Å². The highest BCUT2D eigenvalue weighted by Crippen LogP contribution is 2.13. The molecule has 0 saturated carbocycles. The van der Waals surface area contributed by atoms with E-state index in [2.05, 4.69) is 29.4 Å². The molecule has 0 unspecified atom stereocenters. The van der Waals surface area contributed by atoms with Crippen molar-refractivity contribution in [2.75, 3.05) is 6.54 Å². The van der Waals surface area contributed by atoms with Crippen molar-refractivity contribution in [3.8, 4) is 0 Å². The van der Waals surface area contributed by atoms with Crippen LogP contribution in [0.25, 0.3) is 10.9 Å². The van der Waals surface area contributed by atoms with Gasteiger partial charge in [-0.3, -0.25) is 14.2 Å². The van der Waals surface area contributed by atoms with Crippen LogP contribution < -0.4 is 10.9 Å². The molecular formula is C21H23N3O2. The number of carbonyl (C=O) groups is 1. The fourth-order valence-electron chi connectivity index (χ4n) is 2.97. The summed E-state index contributed by atoms with van der Waals surface area (Å²) in [4.78, 5) is 29.1. The predicted octanol–water partition coefficient (Wildman–Crippen LogP) is 2.79. The number of benzene rings is 2. The van der Waals surface area contributed by atoms with Crippen LogP contribution in [0.5, 0.6) is 0 Å². The van der Waals surface area contributed by atoms with Crippen molar-refractivity contribution >= 4 is 16.8 Å². The SMILES string of the molecule is C[C@@H](CNC(=O)CCc1nc2ccccc2c(=O)n1C)c1ccccc1. The Balaban J connectivity index is 1.60. The minimum absolute atomic E-state index is 0.0322. The van der Waals surface area contributed by atoms with E-state index in [0.29, 0.717) is 36.1 Å². The Kier molecular flexibility index (Phi) is 5.46. The van der Waals surface area contributed by atoms with Crippen molar-refractivity contribution in [3.05, 3.63) is 76.3 Å². The molecular weight excluding hydrogens is 326 g/mol. The average molecular weight is 349 g/mol. The number of carbonyl (C=O) groups excluding carboxylic acids is 1. The van der Waals surface area contributed by atoms with Crippen LogP contribution in [0.4, 0.5) is 0 Å². The Labute approximate surface area is 152 Å². The molecule has 26 heavy (non-hydrogen) atoms. The van der Waals surface area contributed by atoms with E-state index in [-0.39, 0.29) is 17.4 Å². The van der Waals surface area contributed by atoms with Gasteiger partial charge in [0, 0.05) is 26.4 Å². The van der Waals surface area contributed by atoms with Gasteiger partial charge in [0.2, 0.25) is 5.91 Å². The number of amides is 1. The van der Waals surface area contributed by atoms with E-state index in [9.17, 15) is 9.59 Å². The topological polar surface area (TPSA) is 64.0 Å². The highest BCUT2D eigenvalue weighted by atomic mass is 16.1. The van der Waals surface area contributed by atoms with Gasteiger partial charge in [-0.1, -0.05) is 49.4 Å². The van der Waals surface area contributed by atoms with Crippen molar-refractivity contribution in [2.24, 2.45) is 7.05 Å². The summed E-state index contributed by atoms with van der Waals surface area (Å²) in [6.07, 6.45) is 0.738. The van der Waals surface area contributed by atoms with Crippen LogP contribution in [0.1, 0.15) is 30.7 Å². The lowest BCUT2D eigenvalue weighted by Crippen LogP contribution is -2.29. The molecule has 0 aliphatic rings. The van der Waals surface area contributed by atoms with E-state index in [0.717, 1.165) is 0 Å². The Morgan fingerprint density at radius 1 is 1.12 bits per heavy atom. The minimum atomic E-state index is -0.0799. The van der Waals surface area contributed by atoms with Crippen LogP contribution in [-0.2, 0) is 18.3 Å². The monoisotopic (exact) mass is 349 g/mol. The van der Waals surface area contributed by atoms with Gasteiger partial charge in [-0.15, -0.1) is 0 Å². The molecule has 134 valence electrons. The smallest absolute Gasteiger partial charge is 0.261 e. The molecule has 5 nitrogen and oxygen atoms in total. The molecule has 5 heteroatoms. The number of nitrogens with zero attached hydrogens (tertiary/aromatic N) is 2. The third-order valence-electron chi connectivity index (χ3n) is 4.63. The van der Waals surface area contributed by atoms with E-state index in [1.165, 1.54) is 10.1 Å². The molecule has 2 aromatic carbocycles. The van der Waals surface area contributed by atoms with Gasteiger partial charge < -0.3 is 5.32 Å². The maximum absolute atomic E-state index is 12.4. The van der Waals surface area contributed by atoms with Crippen molar-refractivity contribution < 1.29 is 4.79 Å². The van der Waals surface area contributed by atoms with Gasteiger partial charge in [-0.2, -0.15) is 0 Å². The lowest BCUT2D eigenvalue weighted by atomic mass is 10.0. The standard InChI is InChI=1S/C21H23N3O2/c1-15(16-8-4-3-5-9-16)14-22-20(25)13-12-19-23-18-11-7-6-10-17(18)21(26)24(19)2/h3-11,15H,12-14H2,1-2H3,(H,22,25)/t15-/m0/s1. The zero-order chi connectivity index (χ0) is 18.5. The van der Waals surface area contributed by atoms with E-state index < -0.39 is 0 Å². The molecule has 0 radical (unpaired) electrons. The quantitative estimate of drug-likeness (QED) is 0.744. The molecule has 3 aromatic rings. The summed E-state index contributed by atoms with van der Waals surface area (Å²) in [6, 6.07) is 17.4. The van der Waals surface area contributed by atoms with Crippen molar-refractivity contribution in [2.45, 2.75) is 25.7 Å². The number of hydrogen-bond acceptors (Lipinski definition) is 3. The van der Waals surface area contributed by atoms with Crippen LogP contribution >= 0.6 is 0 Å². The Bertz CT molecular complexity index is 964. The largest absolute Gasteiger partial charge is 0.355 e. The average Bonchev–Trinajstić information content (AvgIpc) is 2.68. The van der Waals surface area contributed by atoms with Gasteiger partial charge in [-0.05, 0) is 23.6 Å². The summed E-state index contributed by atoms with van der Waals surface area (Å²) >= 11 is 0.